The van der Waals surface area contributed by atoms with Crippen LogP contribution in [0.2, 0.25) is 0 Å². The maximum atomic E-state index is 14.4. The lowest BCUT2D eigenvalue weighted by Gasteiger charge is -2.36. The zero-order valence-corrected chi connectivity index (χ0v) is 22.3. The molecule has 0 radical (unpaired) electrons. The Morgan fingerprint density at radius 3 is 2.35 bits per heavy atom. The summed E-state index contributed by atoms with van der Waals surface area (Å²) in [4.78, 5) is 21.7. The molecule has 0 saturated carbocycles. The third-order valence-corrected chi connectivity index (χ3v) is 7.82. The largest absolute Gasteiger partial charge is 0.482 e. The molecule has 2 aliphatic heterocycles. The number of benzene rings is 2. The van der Waals surface area contributed by atoms with E-state index in [9.17, 15) is 22.4 Å². The van der Waals surface area contributed by atoms with Crippen molar-refractivity contribution in [3.05, 3.63) is 77.2 Å². The number of likely N-dealkylation sites (tertiary alicyclic amines) is 2. The van der Waals surface area contributed by atoms with Gasteiger partial charge >= 0.3 is 6.18 Å². The SMILES string of the molecule is CC(Oc1cc(-c2ccc(C(=O)N3CCC(N4CCCC4)CC3)cc2)cnc1N)c1c(F)cccc1C(F)(F)F. The van der Waals surface area contributed by atoms with Gasteiger partial charge in [0.1, 0.15) is 11.9 Å². The van der Waals surface area contributed by atoms with Crippen LogP contribution in [0.1, 0.15) is 60.2 Å². The van der Waals surface area contributed by atoms with Gasteiger partial charge in [-0.1, -0.05) is 18.2 Å². The highest BCUT2D eigenvalue weighted by molar-refractivity contribution is 5.94. The highest BCUT2D eigenvalue weighted by Gasteiger charge is 2.36. The second-order valence-corrected chi connectivity index (χ2v) is 10.4. The molecule has 6 nitrogen and oxygen atoms in total. The number of aromatic nitrogens is 1. The number of nitrogens with two attached hydrogens (primary N) is 1. The van der Waals surface area contributed by atoms with E-state index in [1.807, 2.05) is 4.90 Å². The Balaban J connectivity index is 1.28. The summed E-state index contributed by atoms with van der Waals surface area (Å²) in [7, 11) is 0. The first-order chi connectivity index (χ1) is 19.1. The number of hydrogen-bond acceptors (Lipinski definition) is 5. The van der Waals surface area contributed by atoms with Gasteiger partial charge in [-0.2, -0.15) is 13.2 Å². The Morgan fingerprint density at radius 2 is 1.70 bits per heavy atom. The summed E-state index contributed by atoms with van der Waals surface area (Å²) < 4.78 is 60.6. The molecular weight excluding hydrogens is 524 g/mol. The zero-order valence-electron chi connectivity index (χ0n) is 22.3. The Kier molecular flexibility index (Phi) is 7.98. The van der Waals surface area contributed by atoms with Gasteiger partial charge < -0.3 is 20.3 Å². The average Bonchev–Trinajstić information content (AvgIpc) is 3.49. The van der Waals surface area contributed by atoms with Crippen LogP contribution in [0, 0.1) is 5.82 Å². The monoisotopic (exact) mass is 556 g/mol. The number of rotatable bonds is 6. The van der Waals surface area contributed by atoms with Gasteiger partial charge in [0.25, 0.3) is 5.91 Å². The van der Waals surface area contributed by atoms with E-state index in [-0.39, 0.29) is 17.5 Å². The molecule has 1 aromatic heterocycles. The molecule has 1 atom stereocenters. The van der Waals surface area contributed by atoms with Crippen LogP contribution in [-0.2, 0) is 6.18 Å². The summed E-state index contributed by atoms with van der Waals surface area (Å²) in [6.45, 7) is 5.11. The van der Waals surface area contributed by atoms with Crippen molar-refractivity contribution < 1.29 is 27.1 Å². The number of carbonyl (C=O) groups excluding carboxylic acids is 1. The molecule has 2 fully saturated rings. The quantitative estimate of drug-likeness (QED) is 0.360. The molecule has 0 spiro atoms. The molecule has 212 valence electrons. The van der Waals surface area contributed by atoms with Crippen LogP contribution in [0.5, 0.6) is 5.75 Å². The second kappa shape index (κ2) is 11.4. The number of halogens is 4. The number of carbonyl (C=O) groups is 1. The second-order valence-electron chi connectivity index (χ2n) is 10.4. The lowest BCUT2D eigenvalue weighted by Crippen LogP contribution is -2.45. The normalized spacial score (nSPS) is 17.7. The van der Waals surface area contributed by atoms with Crippen LogP contribution in [0.3, 0.4) is 0 Å². The van der Waals surface area contributed by atoms with E-state index in [0.29, 0.717) is 17.2 Å². The van der Waals surface area contributed by atoms with Crippen molar-refractivity contribution in [3.63, 3.8) is 0 Å². The Hall–Kier alpha value is -3.66. The number of piperidine rings is 1. The highest BCUT2D eigenvalue weighted by Crippen LogP contribution is 2.38. The number of pyridine rings is 1. The summed E-state index contributed by atoms with van der Waals surface area (Å²) in [6.07, 6.45) is -0.0372. The average molecular weight is 557 g/mol. The molecule has 2 aliphatic rings. The standard InChI is InChI=1S/C30H32F4N4O2/c1-19(27-24(30(32,33)34)5-4-6-25(27)31)40-26-17-22(18-36-28(26)35)20-7-9-21(10-8-20)29(39)38-15-11-23(12-16-38)37-13-2-3-14-37/h4-10,17-19,23H,2-3,11-16H2,1H3,(H2,35,36). The smallest absolute Gasteiger partial charge is 0.416 e. The number of nitrogens with zero attached hydrogens (tertiary/aromatic N) is 3. The van der Waals surface area contributed by atoms with Crippen molar-refractivity contribution in [3.8, 4) is 16.9 Å². The fraction of sp³-hybridized carbons (Fsp3) is 0.400. The summed E-state index contributed by atoms with van der Waals surface area (Å²) in [5, 5.41) is 0. The molecule has 3 heterocycles. The number of ether oxygens (including phenoxy) is 1. The van der Waals surface area contributed by atoms with Gasteiger partial charge in [-0.15, -0.1) is 0 Å². The number of anilines is 1. The van der Waals surface area contributed by atoms with Crippen molar-refractivity contribution in [2.24, 2.45) is 0 Å². The van der Waals surface area contributed by atoms with E-state index in [2.05, 4.69) is 9.88 Å². The number of nitrogen functional groups attached to an aromatic ring is 1. The van der Waals surface area contributed by atoms with Gasteiger partial charge in [0.05, 0.1) is 5.56 Å². The first kappa shape index (κ1) is 27.9. The van der Waals surface area contributed by atoms with Crippen LogP contribution >= 0.6 is 0 Å². The molecule has 0 bridgehead atoms. The van der Waals surface area contributed by atoms with E-state index < -0.39 is 29.2 Å². The first-order valence-electron chi connectivity index (χ1n) is 13.5. The van der Waals surface area contributed by atoms with Gasteiger partial charge in [-0.3, -0.25) is 4.79 Å². The van der Waals surface area contributed by atoms with Crippen molar-refractivity contribution >= 4 is 11.7 Å². The van der Waals surface area contributed by atoms with Gasteiger partial charge in [-0.25, -0.2) is 9.37 Å². The topological polar surface area (TPSA) is 71.7 Å². The number of alkyl halides is 3. The summed E-state index contributed by atoms with van der Waals surface area (Å²) >= 11 is 0. The molecule has 2 aromatic carbocycles. The summed E-state index contributed by atoms with van der Waals surface area (Å²) in [6, 6.07) is 12.0. The Labute approximate surface area is 230 Å². The third kappa shape index (κ3) is 5.91. The van der Waals surface area contributed by atoms with Crippen molar-refractivity contribution in [1.82, 2.24) is 14.8 Å². The molecule has 5 rings (SSSR count). The van der Waals surface area contributed by atoms with Crippen LogP contribution in [0.4, 0.5) is 23.4 Å². The lowest BCUT2D eigenvalue weighted by molar-refractivity contribution is -0.139. The molecule has 2 N–H and O–H groups in total. The highest BCUT2D eigenvalue weighted by atomic mass is 19.4. The van der Waals surface area contributed by atoms with Gasteiger partial charge in [0.2, 0.25) is 0 Å². The van der Waals surface area contributed by atoms with E-state index in [1.54, 1.807) is 30.3 Å². The van der Waals surface area contributed by atoms with Crippen LogP contribution < -0.4 is 10.5 Å². The van der Waals surface area contributed by atoms with Crippen molar-refractivity contribution in [2.75, 3.05) is 31.9 Å². The molecule has 1 unspecified atom stereocenters. The fourth-order valence-electron chi connectivity index (χ4n) is 5.68. The van der Waals surface area contributed by atoms with E-state index >= 15 is 0 Å². The van der Waals surface area contributed by atoms with Crippen LogP contribution in [0.25, 0.3) is 11.1 Å². The van der Waals surface area contributed by atoms with E-state index in [4.69, 9.17) is 10.5 Å². The molecule has 10 heteroatoms. The Bertz CT molecular complexity index is 1350. The molecule has 40 heavy (non-hydrogen) atoms. The van der Waals surface area contributed by atoms with E-state index in [0.717, 1.165) is 62.8 Å². The predicted molar refractivity (Wildman–Crippen MR) is 144 cm³/mol. The Morgan fingerprint density at radius 1 is 1.02 bits per heavy atom. The predicted octanol–water partition coefficient (Wildman–Crippen LogP) is 6.33. The molecule has 1 amide bonds. The number of hydrogen-bond donors (Lipinski definition) is 1. The van der Waals surface area contributed by atoms with Gasteiger partial charge in [0.15, 0.2) is 11.6 Å². The minimum absolute atomic E-state index is 0.00921. The maximum absolute atomic E-state index is 14.4. The molecule has 0 aliphatic carbocycles. The van der Waals surface area contributed by atoms with Gasteiger partial charge in [-0.05, 0) is 81.6 Å². The van der Waals surface area contributed by atoms with Gasteiger partial charge in [0, 0.05) is 42.0 Å². The lowest BCUT2D eigenvalue weighted by atomic mass is 10.0. The fourth-order valence-corrected chi connectivity index (χ4v) is 5.68. The van der Waals surface area contributed by atoms with Crippen LogP contribution in [0.15, 0.2) is 54.7 Å². The zero-order chi connectivity index (χ0) is 28.4. The third-order valence-electron chi connectivity index (χ3n) is 7.82. The first-order valence-corrected chi connectivity index (χ1v) is 13.5. The van der Waals surface area contributed by atoms with Crippen LogP contribution in [-0.4, -0.2) is 52.9 Å². The maximum Gasteiger partial charge on any atom is 0.416 e. The minimum Gasteiger partial charge on any atom is -0.482 e. The molecular formula is C30H32F4N4O2. The minimum atomic E-state index is -4.75. The summed E-state index contributed by atoms with van der Waals surface area (Å²) in [5.74, 6) is -1.04. The molecule has 3 aromatic rings. The van der Waals surface area contributed by atoms with Crippen molar-refractivity contribution in [1.29, 1.82) is 0 Å². The van der Waals surface area contributed by atoms with Crippen molar-refractivity contribution in [2.45, 2.75) is 50.9 Å². The summed E-state index contributed by atoms with van der Waals surface area (Å²) in [5.41, 5.74) is 6.12. The molecule has 2 saturated heterocycles. The number of amides is 1. The van der Waals surface area contributed by atoms with E-state index in [1.165, 1.54) is 26.0 Å².